The molecule has 2 fully saturated rings. The van der Waals surface area contributed by atoms with Crippen molar-refractivity contribution in [2.45, 2.75) is 38.1 Å². The number of aryl methyl sites for hydroxylation is 2. The summed E-state index contributed by atoms with van der Waals surface area (Å²) >= 11 is 0. The summed E-state index contributed by atoms with van der Waals surface area (Å²) in [7, 11) is -3.06. The molecule has 2 N–H and O–H groups in total. The Morgan fingerprint density at radius 3 is 2.65 bits per heavy atom. The second-order valence-electron chi connectivity index (χ2n) is 7.46. The molecule has 3 heterocycles. The summed E-state index contributed by atoms with van der Waals surface area (Å²) in [5.41, 5.74) is 9.15. The van der Waals surface area contributed by atoms with Crippen LogP contribution < -0.4 is 5.73 Å². The molecule has 2 aromatic rings. The summed E-state index contributed by atoms with van der Waals surface area (Å²) in [5.74, 6) is 1.55. The highest BCUT2D eigenvalue weighted by molar-refractivity contribution is 7.92. The lowest BCUT2D eigenvalue weighted by atomic mass is 10.0. The summed E-state index contributed by atoms with van der Waals surface area (Å²) in [4.78, 5) is 6.80. The molecule has 6 nitrogen and oxygen atoms in total. The minimum absolute atomic E-state index is 0.0354. The third kappa shape index (κ3) is 3.08. The van der Waals surface area contributed by atoms with E-state index in [4.69, 9.17) is 10.2 Å². The predicted molar refractivity (Wildman–Crippen MR) is 100 cm³/mol. The summed E-state index contributed by atoms with van der Waals surface area (Å²) in [6.07, 6.45) is 0.998. The molecule has 26 heavy (non-hydrogen) atoms. The van der Waals surface area contributed by atoms with Gasteiger partial charge in [0.1, 0.15) is 5.76 Å². The second kappa shape index (κ2) is 6.48. The Kier molecular flexibility index (Phi) is 4.41. The van der Waals surface area contributed by atoms with Gasteiger partial charge in [0.25, 0.3) is 0 Å². The van der Waals surface area contributed by atoms with Gasteiger partial charge < -0.3 is 10.2 Å². The molecule has 0 unspecified atom stereocenters. The Labute approximate surface area is 154 Å². The van der Waals surface area contributed by atoms with Gasteiger partial charge in [-0.15, -0.1) is 0 Å². The van der Waals surface area contributed by atoms with Crippen LogP contribution in [0.25, 0.3) is 11.5 Å². The van der Waals surface area contributed by atoms with Crippen molar-refractivity contribution in [3.05, 3.63) is 41.3 Å². The van der Waals surface area contributed by atoms with Crippen LogP contribution in [0.3, 0.4) is 0 Å². The molecule has 0 amide bonds. The van der Waals surface area contributed by atoms with Gasteiger partial charge in [-0.05, 0) is 31.0 Å². The van der Waals surface area contributed by atoms with E-state index in [2.05, 4.69) is 28.9 Å². The third-order valence-corrected chi connectivity index (χ3v) is 7.97. The van der Waals surface area contributed by atoms with E-state index in [0.717, 1.165) is 23.4 Å². The number of nitrogens with two attached hydrogens (primary N) is 1. The molecule has 0 bridgehead atoms. The molecule has 7 heteroatoms. The molecule has 2 aliphatic rings. The maximum Gasteiger partial charge on any atom is 0.226 e. The van der Waals surface area contributed by atoms with Crippen molar-refractivity contribution in [1.29, 1.82) is 0 Å². The lowest BCUT2D eigenvalue weighted by Gasteiger charge is -2.16. The van der Waals surface area contributed by atoms with Crippen LogP contribution in [0.1, 0.15) is 23.9 Å². The van der Waals surface area contributed by atoms with E-state index in [-0.39, 0.29) is 23.0 Å². The highest BCUT2D eigenvalue weighted by Crippen LogP contribution is 2.34. The Hall–Kier alpha value is -1.70. The number of nitrogens with zero attached hydrogens (tertiary/aromatic N) is 2. The van der Waals surface area contributed by atoms with Crippen LogP contribution in [0.2, 0.25) is 0 Å². The summed E-state index contributed by atoms with van der Waals surface area (Å²) in [6, 6.07) is 7.98. The van der Waals surface area contributed by atoms with Gasteiger partial charge in [-0.3, -0.25) is 4.90 Å². The van der Waals surface area contributed by atoms with E-state index in [1.165, 1.54) is 5.56 Å². The van der Waals surface area contributed by atoms with Crippen LogP contribution in [0.4, 0.5) is 0 Å². The third-order valence-electron chi connectivity index (χ3n) is 5.70. The number of likely N-dealkylation sites (tertiary alicyclic amines) is 1. The number of benzene rings is 1. The van der Waals surface area contributed by atoms with Crippen molar-refractivity contribution in [2.75, 3.05) is 18.8 Å². The number of hydrogen-bond acceptors (Lipinski definition) is 6. The molecule has 1 aromatic carbocycles. The number of rotatable bonds is 4. The molecule has 0 aliphatic carbocycles. The van der Waals surface area contributed by atoms with Gasteiger partial charge in [-0.25, -0.2) is 13.4 Å². The first-order chi connectivity index (χ1) is 12.4. The van der Waals surface area contributed by atoms with E-state index >= 15 is 0 Å². The quantitative estimate of drug-likeness (QED) is 0.876. The van der Waals surface area contributed by atoms with Crippen molar-refractivity contribution in [2.24, 2.45) is 11.7 Å². The Bertz CT molecular complexity index is 905. The van der Waals surface area contributed by atoms with Crippen molar-refractivity contribution < 1.29 is 12.8 Å². The molecule has 3 atom stereocenters. The first-order valence-electron chi connectivity index (χ1n) is 9.12. The fraction of sp³-hybridized carbons (Fsp3) is 0.526. The van der Waals surface area contributed by atoms with Gasteiger partial charge in [0.05, 0.1) is 16.7 Å². The average molecular weight is 375 g/mol. The van der Waals surface area contributed by atoms with E-state index in [1.807, 2.05) is 19.1 Å². The van der Waals surface area contributed by atoms with Crippen molar-refractivity contribution >= 4 is 9.84 Å². The van der Waals surface area contributed by atoms with Gasteiger partial charge in [-0.2, -0.15) is 0 Å². The molecular formula is C19H25N3O3S. The maximum atomic E-state index is 12.2. The molecule has 4 rings (SSSR count). The monoisotopic (exact) mass is 375 g/mol. The first-order valence-corrected chi connectivity index (χ1v) is 10.8. The molecule has 2 aliphatic heterocycles. The lowest BCUT2D eigenvalue weighted by Crippen LogP contribution is -2.33. The topological polar surface area (TPSA) is 89.4 Å². The Morgan fingerprint density at radius 1 is 1.27 bits per heavy atom. The maximum absolute atomic E-state index is 12.2. The molecular weight excluding hydrogens is 350 g/mol. The smallest absolute Gasteiger partial charge is 0.226 e. The molecule has 0 spiro atoms. The highest BCUT2D eigenvalue weighted by atomic mass is 32.2. The largest absolute Gasteiger partial charge is 0.441 e. The minimum atomic E-state index is -3.06. The number of hydrogen-bond donors (Lipinski definition) is 1. The fourth-order valence-corrected chi connectivity index (χ4v) is 6.40. The standard InChI is InChI=1S/C19H25N3O3S/c1-3-13-4-6-14(7-5-13)19-21-17(12(2)25-19)9-22-8-15-16(20)11-26(23,24)18(15)10-22/h4-7,15-16,18H,3,8-11,20H2,1-2H3/t15-,16+,18-/m1/s1. The van der Waals surface area contributed by atoms with Crippen LogP contribution in [0, 0.1) is 12.8 Å². The van der Waals surface area contributed by atoms with Crippen LogP contribution in [-0.4, -0.2) is 48.4 Å². The van der Waals surface area contributed by atoms with Crippen molar-refractivity contribution in [3.63, 3.8) is 0 Å². The van der Waals surface area contributed by atoms with Crippen LogP contribution in [-0.2, 0) is 22.8 Å². The molecule has 140 valence electrons. The van der Waals surface area contributed by atoms with Crippen molar-refractivity contribution in [1.82, 2.24) is 9.88 Å². The molecule has 1 aromatic heterocycles. The fourth-order valence-electron chi connectivity index (χ4n) is 4.11. The second-order valence-corrected chi connectivity index (χ2v) is 9.73. The Morgan fingerprint density at radius 2 is 2.00 bits per heavy atom. The van der Waals surface area contributed by atoms with E-state index in [9.17, 15) is 8.42 Å². The Balaban J connectivity index is 1.50. The van der Waals surface area contributed by atoms with Crippen molar-refractivity contribution in [3.8, 4) is 11.5 Å². The number of sulfone groups is 1. The zero-order valence-corrected chi connectivity index (χ0v) is 16.0. The van der Waals surface area contributed by atoms with Gasteiger partial charge in [0, 0.05) is 37.2 Å². The zero-order valence-electron chi connectivity index (χ0n) is 15.2. The summed E-state index contributed by atoms with van der Waals surface area (Å²) in [5, 5.41) is -0.328. The number of oxazole rings is 1. The number of aromatic nitrogens is 1. The van der Waals surface area contributed by atoms with Gasteiger partial charge in [-0.1, -0.05) is 19.1 Å². The summed E-state index contributed by atoms with van der Waals surface area (Å²) < 4.78 is 30.3. The molecule has 0 saturated carbocycles. The van der Waals surface area contributed by atoms with Crippen LogP contribution in [0.5, 0.6) is 0 Å². The first kappa shape index (κ1) is 17.7. The van der Waals surface area contributed by atoms with E-state index in [1.54, 1.807) is 0 Å². The lowest BCUT2D eigenvalue weighted by molar-refractivity contribution is 0.303. The van der Waals surface area contributed by atoms with Crippen LogP contribution >= 0.6 is 0 Å². The SMILES string of the molecule is CCc1ccc(-c2nc(CN3C[C@H]4[C@@H](C3)S(=O)(=O)C[C@@H]4N)c(C)o2)cc1. The minimum Gasteiger partial charge on any atom is -0.441 e. The van der Waals surface area contributed by atoms with Gasteiger partial charge in [0.2, 0.25) is 5.89 Å². The zero-order chi connectivity index (χ0) is 18.5. The highest BCUT2D eigenvalue weighted by Gasteiger charge is 2.50. The van der Waals surface area contributed by atoms with E-state index in [0.29, 0.717) is 25.5 Å². The molecule has 0 radical (unpaired) electrons. The molecule has 2 saturated heterocycles. The number of fused-ring (bicyclic) bond motifs is 1. The average Bonchev–Trinajstić information content (AvgIpc) is 3.25. The van der Waals surface area contributed by atoms with Crippen LogP contribution in [0.15, 0.2) is 28.7 Å². The van der Waals surface area contributed by atoms with Gasteiger partial charge in [0.15, 0.2) is 9.84 Å². The summed E-state index contributed by atoms with van der Waals surface area (Å²) in [6.45, 7) is 5.87. The normalized spacial score (nSPS) is 27.7. The predicted octanol–water partition coefficient (Wildman–Crippen LogP) is 1.77. The van der Waals surface area contributed by atoms with E-state index < -0.39 is 9.84 Å². The van der Waals surface area contributed by atoms with Gasteiger partial charge >= 0.3 is 0 Å².